The molecule has 2 aromatic rings. The van der Waals surface area contributed by atoms with Crippen LogP contribution in [0.3, 0.4) is 0 Å². The molecule has 5 fully saturated rings. The second-order valence-corrected chi connectivity index (χ2v) is 17.2. The Bertz CT molecular complexity index is 1620. The highest BCUT2D eigenvalue weighted by Crippen LogP contribution is 2.45. The molecule has 3 atom stereocenters. The van der Waals surface area contributed by atoms with Crippen LogP contribution in [0.25, 0.3) is 0 Å². The first-order valence-electron chi connectivity index (χ1n) is 18.0. The smallest absolute Gasteiger partial charge is 0.280 e. The van der Waals surface area contributed by atoms with Crippen molar-refractivity contribution < 1.29 is 22.3 Å². The first-order chi connectivity index (χ1) is 23.4. The number of amides is 1. The van der Waals surface area contributed by atoms with Gasteiger partial charge in [0.1, 0.15) is 17.9 Å². The third-order valence-electron chi connectivity index (χ3n) is 11.3. The van der Waals surface area contributed by atoms with Gasteiger partial charge in [-0.25, -0.2) is 14.4 Å². The highest BCUT2D eigenvalue weighted by molar-refractivity contribution is 7.87. The Morgan fingerprint density at radius 3 is 2.55 bits per heavy atom. The van der Waals surface area contributed by atoms with Crippen LogP contribution in [-0.4, -0.2) is 114 Å². The van der Waals surface area contributed by atoms with E-state index >= 15 is 0 Å². The van der Waals surface area contributed by atoms with E-state index in [0.717, 1.165) is 77.8 Å². The molecule has 5 heterocycles. The number of hydrogen-bond acceptors (Lipinski definition) is 9. The molecule has 1 saturated carbocycles. The SMILES string of the molecule is CC(C)N(C(=O)c1cc(F)ccc1Oc1cncnc1N1CC[C@@H](CN2CC3(CCC(NS(=O)(=O)N4CC5CC4CN5)CC3)C2)C1)C(C)C. The Balaban J connectivity index is 0.921. The molecule has 2 unspecified atom stereocenters. The molecular weight excluding hydrogens is 648 g/mol. The quantitative estimate of drug-likeness (QED) is 0.363. The van der Waals surface area contributed by atoms with Gasteiger partial charge in [-0.05, 0) is 95.8 Å². The average molecular weight is 699 g/mol. The predicted molar refractivity (Wildman–Crippen MR) is 185 cm³/mol. The highest BCUT2D eigenvalue weighted by Gasteiger charge is 2.48. The number of likely N-dealkylation sites (tertiary alicyclic amines) is 1. The van der Waals surface area contributed by atoms with Crippen LogP contribution in [0.5, 0.6) is 11.5 Å². The lowest BCUT2D eigenvalue weighted by molar-refractivity contribution is -0.0387. The zero-order valence-corrected chi connectivity index (χ0v) is 30.0. The number of nitrogens with one attached hydrogen (secondary N) is 2. The predicted octanol–water partition coefficient (Wildman–Crippen LogP) is 3.62. The van der Waals surface area contributed by atoms with E-state index in [2.05, 4.69) is 29.8 Å². The summed E-state index contributed by atoms with van der Waals surface area (Å²) >= 11 is 0. The van der Waals surface area contributed by atoms with Gasteiger partial charge in [-0.3, -0.25) is 4.79 Å². The Labute approximate surface area is 289 Å². The zero-order valence-electron chi connectivity index (χ0n) is 29.1. The van der Waals surface area contributed by atoms with Crippen molar-refractivity contribution in [2.45, 2.75) is 96.4 Å². The van der Waals surface area contributed by atoms with Crippen LogP contribution in [-0.2, 0) is 10.2 Å². The van der Waals surface area contributed by atoms with E-state index in [-0.39, 0.29) is 41.4 Å². The fraction of sp³-hybridized carbons (Fsp3) is 0.686. The summed E-state index contributed by atoms with van der Waals surface area (Å²) in [7, 11) is -3.43. The minimum absolute atomic E-state index is 0.0258. The number of nitrogens with zero attached hydrogens (tertiary/aromatic N) is 6. The minimum Gasteiger partial charge on any atom is -0.451 e. The summed E-state index contributed by atoms with van der Waals surface area (Å²) in [6.07, 6.45) is 8.98. The maximum atomic E-state index is 14.4. The van der Waals surface area contributed by atoms with Crippen molar-refractivity contribution in [2.75, 3.05) is 50.7 Å². The van der Waals surface area contributed by atoms with Gasteiger partial charge < -0.3 is 24.8 Å². The van der Waals surface area contributed by atoms with E-state index in [1.54, 1.807) is 15.4 Å². The number of carbonyl (C=O) groups excluding carboxylic acids is 1. The zero-order chi connectivity index (χ0) is 34.5. The summed E-state index contributed by atoms with van der Waals surface area (Å²) in [5.41, 5.74) is 0.473. The number of ether oxygens (including phenoxy) is 1. The topological polar surface area (TPSA) is 123 Å². The molecule has 7 rings (SSSR count). The second-order valence-electron chi connectivity index (χ2n) is 15.6. The summed E-state index contributed by atoms with van der Waals surface area (Å²) < 4.78 is 51.6. The molecule has 5 aliphatic rings. The molecule has 2 N–H and O–H groups in total. The summed E-state index contributed by atoms with van der Waals surface area (Å²) in [6, 6.07) is 4.34. The van der Waals surface area contributed by atoms with E-state index < -0.39 is 16.0 Å². The van der Waals surface area contributed by atoms with E-state index in [0.29, 0.717) is 35.5 Å². The Kier molecular flexibility index (Phi) is 9.63. The van der Waals surface area contributed by atoms with E-state index in [4.69, 9.17) is 4.74 Å². The second kappa shape index (κ2) is 13.7. The molecule has 1 spiro atoms. The van der Waals surface area contributed by atoms with Crippen molar-refractivity contribution in [1.29, 1.82) is 0 Å². The van der Waals surface area contributed by atoms with Crippen LogP contribution in [0.15, 0.2) is 30.7 Å². The number of piperazine rings is 1. The molecule has 1 aromatic heterocycles. The fourth-order valence-corrected chi connectivity index (χ4v) is 10.8. The maximum Gasteiger partial charge on any atom is 0.280 e. The van der Waals surface area contributed by atoms with Gasteiger partial charge in [-0.15, -0.1) is 0 Å². The summed E-state index contributed by atoms with van der Waals surface area (Å²) in [4.78, 5) is 28.8. The Hall–Kier alpha value is -2.91. The molecule has 1 aromatic carbocycles. The van der Waals surface area contributed by atoms with Crippen molar-refractivity contribution in [3.63, 3.8) is 0 Å². The molecule has 0 radical (unpaired) electrons. The Morgan fingerprint density at radius 2 is 1.88 bits per heavy atom. The number of fused-ring (bicyclic) bond motifs is 2. The van der Waals surface area contributed by atoms with Crippen LogP contribution in [0, 0.1) is 17.2 Å². The molecule has 49 heavy (non-hydrogen) atoms. The molecule has 1 aliphatic carbocycles. The fourth-order valence-electron chi connectivity index (χ4n) is 9.03. The number of aromatic nitrogens is 2. The first-order valence-corrected chi connectivity index (χ1v) is 19.4. The highest BCUT2D eigenvalue weighted by atomic mass is 32.2. The lowest BCUT2D eigenvalue weighted by Gasteiger charge is -2.54. The van der Waals surface area contributed by atoms with E-state index in [1.165, 1.54) is 24.5 Å². The largest absolute Gasteiger partial charge is 0.451 e. The summed E-state index contributed by atoms with van der Waals surface area (Å²) in [5.74, 6) is 1.08. The van der Waals surface area contributed by atoms with Crippen molar-refractivity contribution in [2.24, 2.45) is 11.3 Å². The van der Waals surface area contributed by atoms with Gasteiger partial charge in [-0.2, -0.15) is 17.4 Å². The number of halogens is 1. The molecule has 2 bridgehead atoms. The maximum absolute atomic E-state index is 14.4. The normalized spacial score (nSPS) is 25.9. The van der Waals surface area contributed by atoms with Gasteiger partial charge in [-0.1, -0.05) is 0 Å². The lowest BCUT2D eigenvalue weighted by Crippen LogP contribution is -2.60. The number of anilines is 1. The number of hydrogen-bond donors (Lipinski definition) is 2. The van der Waals surface area contributed by atoms with Crippen molar-refractivity contribution >= 4 is 21.9 Å². The third kappa shape index (κ3) is 7.17. The third-order valence-corrected chi connectivity index (χ3v) is 13.0. The minimum atomic E-state index is -3.43. The van der Waals surface area contributed by atoms with Gasteiger partial charge in [0.2, 0.25) is 0 Å². The Morgan fingerprint density at radius 1 is 1.12 bits per heavy atom. The van der Waals surface area contributed by atoms with E-state index in [9.17, 15) is 17.6 Å². The van der Waals surface area contributed by atoms with Gasteiger partial charge in [0.15, 0.2) is 11.6 Å². The van der Waals surface area contributed by atoms with Crippen LogP contribution in [0.1, 0.15) is 76.6 Å². The van der Waals surface area contributed by atoms with Crippen LogP contribution in [0.4, 0.5) is 10.2 Å². The number of rotatable bonds is 11. The standard InChI is InChI=1S/C35H51FN8O4S/c1-23(2)44(24(3)4)34(45)30-13-26(36)5-6-31(30)48-32-16-37-22-39-33(32)42-12-9-25(18-42)17-41-20-35(21-41)10-7-27(8-11-35)40-49(46,47)43-19-28-14-29(43)15-38-28/h5-6,13,16,22-25,27-29,38,40H,7-12,14-15,17-21H2,1-4H3/t25-,28?,29?/m0/s1. The first kappa shape index (κ1) is 34.5. The van der Waals surface area contributed by atoms with Crippen LogP contribution >= 0.6 is 0 Å². The molecule has 12 nitrogen and oxygen atoms in total. The van der Waals surface area contributed by atoms with Gasteiger partial charge in [0, 0.05) is 76.0 Å². The van der Waals surface area contributed by atoms with Crippen LogP contribution < -0.4 is 19.7 Å². The average Bonchev–Trinajstić information content (AvgIpc) is 3.80. The van der Waals surface area contributed by atoms with E-state index in [1.807, 2.05) is 27.7 Å². The molecule has 268 valence electrons. The molecule has 4 aliphatic heterocycles. The molecule has 4 saturated heterocycles. The summed E-state index contributed by atoms with van der Waals surface area (Å²) in [6.45, 7) is 13.9. The van der Waals surface area contributed by atoms with Crippen molar-refractivity contribution in [3.8, 4) is 11.5 Å². The molecule has 1 amide bonds. The van der Waals surface area contributed by atoms with Gasteiger partial charge >= 0.3 is 0 Å². The van der Waals surface area contributed by atoms with Crippen molar-refractivity contribution in [1.82, 2.24) is 34.1 Å². The van der Waals surface area contributed by atoms with Crippen LogP contribution in [0.2, 0.25) is 0 Å². The van der Waals surface area contributed by atoms with Crippen molar-refractivity contribution in [3.05, 3.63) is 42.1 Å². The lowest BCUT2D eigenvalue weighted by atomic mass is 9.67. The summed E-state index contributed by atoms with van der Waals surface area (Å²) in [5, 5.41) is 3.38. The van der Waals surface area contributed by atoms with Gasteiger partial charge in [0.05, 0.1) is 11.8 Å². The molecule has 14 heteroatoms. The number of benzene rings is 1. The molecular formula is C35H51FN8O4S. The van der Waals surface area contributed by atoms with Gasteiger partial charge in [0.25, 0.3) is 16.1 Å². The monoisotopic (exact) mass is 698 g/mol. The number of carbonyl (C=O) groups is 1.